The number of hydrogen-bond acceptors (Lipinski definition) is 3. The van der Waals surface area contributed by atoms with Crippen LogP contribution in [-0.2, 0) is 10.2 Å². The first-order valence-corrected chi connectivity index (χ1v) is 7.94. The number of allylic oxidation sites excluding steroid dienone is 2. The van der Waals surface area contributed by atoms with Crippen LogP contribution in [0.15, 0.2) is 36.0 Å². The Labute approximate surface area is 118 Å². The molecule has 2 aliphatic heterocycles. The minimum atomic E-state index is -0.0786. The fraction of sp³-hybridized carbons (Fsp3) is 0.438. The van der Waals surface area contributed by atoms with Gasteiger partial charge in [0.05, 0.1) is 0 Å². The van der Waals surface area contributed by atoms with Gasteiger partial charge in [-0.2, -0.15) is 11.8 Å². The highest BCUT2D eigenvalue weighted by Crippen LogP contribution is 2.49. The lowest BCUT2D eigenvalue weighted by Gasteiger charge is -2.31. The maximum atomic E-state index is 11.1. The molecule has 2 heterocycles. The molecule has 1 atom stereocenters. The van der Waals surface area contributed by atoms with Gasteiger partial charge in [-0.05, 0) is 29.9 Å². The molecule has 1 unspecified atom stereocenters. The van der Waals surface area contributed by atoms with Crippen molar-refractivity contribution in [3.63, 3.8) is 0 Å². The Bertz CT molecular complexity index is 529. The van der Waals surface area contributed by atoms with Crippen molar-refractivity contribution in [2.24, 2.45) is 0 Å². The Morgan fingerprint density at radius 3 is 2.84 bits per heavy atom. The third-order valence-corrected chi connectivity index (χ3v) is 5.38. The number of carbonyl (C=O) groups excluding carboxylic acids is 1. The number of para-hydroxylation sites is 1. The standard InChI is InChI=1S/C16H19NOS/c1-16(2)13-5-3-4-6-14(13)17(15(16)7-9-18)12-8-10-19-11-12/h3-7,9,12H,8,10-11H2,1-2H3/b15-7-. The van der Waals surface area contributed by atoms with Crippen molar-refractivity contribution in [1.29, 1.82) is 0 Å². The lowest BCUT2D eigenvalue weighted by molar-refractivity contribution is -0.104. The third kappa shape index (κ3) is 1.91. The molecule has 1 aromatic carbocycles. The molecule has 19 heavy (non-hydrogen) atoms. The summed E-state index contributed by atoms with van der Waals surface area (Å²) in [5, 5.41) is 0. The van der Waals surface area contributed by atoms with E-state index in [1.165, 1.54) is 23.4 Å². The number of thioether (sulfide) groups is 1. The molecule has 1 saturated heterocycles. The highest BCUT2D eigenvalue weighted by molar-refractivity contribution is 7.99. The molecule has 0 spiro atoms. The van der Waals surface area contributed by atoms with E-state index in [1.807, 2.05) is 11.8 Å². The van der Waals surface area contributed by atoms with E-state index in [4.69, 9.17) is 0 Å². The first-order chi connectivity index (χ1) is 9.16. The van der Waals surface area contributed by atoms with Gasteiger partial charge in [0.15, 0.2) is 0 Å². The molecule has 2 nitrogen and oxygen atoms in total. The van der Waals surface area contributed by atoms with Crippen LogP contribution >= 0.6 is 11.8 Å². The van der Waals surface area contributed by atoms with E-state index >= 15 is 0 Å². The zero-order valence-corrected chi connectivity index (χ0v) is 12.2. The average molecular weight is 273 g/mol. The molecule has 0 amide bonds. The average Bonchev–Trinajstić information content (AvgIpc) is 2.98. The van der Waals surface area contributed by atoms with Gasteiger partial charge in [-0.1, -0.05) is 32.0 Å². The normalized spacial score (nSPS) is 26.7. The van der Waals surface area contributed by atoms with E-state index in [0.29, 0.717) is 6.04 Å². The molecule has 1 fully saturated rings. The summed E-state index contributed by atoms with van der Waals surface area (Å²) in [7, 11) is 0. The van der Waals surface area contributed by atoms with Crippen LogP contribution in [0.25, 0.3) is 0 Å². The summed E-state index contributed by atoms with van der Waals surface area (Å²) in [6, 6.07) is 9.08. The van der Waals surface area contributed by atoms with Crippen LogP contribution in [-0.4, -0.2) is 23.8 Å². The maximum absolute atomic E-state index is 11.1. The third-order valence-electron chi connectivity index (χ3n) is 4.23. The summed E-state index contributed by atoms with van der Waals surface area (Å²) in [5.41, 5.74) is 3.69. The molecule has 0 aromatic heterocycles. The van der Waals surface area contributed by atoms with Crippen molar-refractivity contribution in [3.8, 4) is 0 Å². The Hall–Kier alpha value is -1.22. The van der Waals surface area contributed by atoms with Gasteiger partial charge < -0.3 is 4.90 Å². The molecular formula is C16H19NOS. The number of rotatable bonds is 2. The largest absolute Gasteiger partial charge is 0.340 e. The number of anilines is 1. The number of carbonyl (C=O) groups is 1. The van der Waals surface area contributed by atoms with Gasteiger partial charge in [0.25, 0.3) is 0 Å². The molecule has 0 bridgehead atoms. The van der Waals surface area contributed by atoms with E-state index in [9.17, 15) is 4.79 Å². The zero-order chi connectivity index (χ0) is 13.5. The monoisotopic (exact) mass is 273 g/mol. The smallest absolute Gasteiger partial charge is 0.144 e. The van der Waals surface area contributed by atoms with E-state index in [1.54, 1.807) is 6.08 Å². The van der Waals surface area contributed by atoms with Crippen molar-refractivity contribution >= 4 is 23.7 Å². The molecule has 3 heteroatoms. The Balaban J connectivity index is 2.14. The molecule has 0 saturated carbocycles. The first-order valence-electron chi connectivity index (χ1n) is 6.78. The molecule has 0 radical (unpaired) electrons. The first kappa shape index (κ1) is 12.8. The summed E-state index contributed by atoms with van der Waals surface area (Å²) in [6.45, 7) is 4.42. The summed E-state index contributed by atoms with van der Waals surface area (Å²) in [5.74, 6) is 2.37. The number of nitrogens with zero attached hydrogens (tertiary/aromatic N) is 1. The Morgan fingerprint density at radius 2 is 2.16 bits per heavy atom. The molecule has 2 aliphatic rings. The van der Waals surface area contributed by atoms with Crippen molar-refractivity contribution in [2.45, 2.75) is 31.7 Å². The zero-order valence-electron chi connectivity index (χ0n) is 11.4. The van der Waals surface area contributed by atoms with Crippen molar-refractivity contribution in [3.05, 3.63) is 41.6 Å². The fourth-order valence-corrected chi connectivity index (χ4v) is 4.45. The van der Waals surface area contributed by atoms with E-state index in [-0.39, 0.29) is 5.41 Å². The summed E-state index contributed by atoms with van der Waals surface area (Å²) >= 11 is 2.01. The summed E-state index contributed by atoms with van der Waals surface area (Å²) in [4.78, 5) is 13.5. The van der Waals surface area contributed by atoms with Crippen LogP contribution in [0, 0.1) is 0 Å². The fourth-order valence-electron chi connectivity index (χ4n) is 3.25. The number of benzene rings is 1. The maximum Gasteiger partial charge on any atom is 0.144 e. The SMILES string of the molecule is CC1(C)/C(=C/C=O)N(C2CCSC2)c2ccccc21. The minimum Gasteiger partial charge on any atom is -0.340 e. The molecule has 0 N–H and O–H groups in total. The van der Waals surface area contributed by atoms with Gasteiger partial charge in [-0.25, -0.2) is 0 Å². The molecule has 0 aliphatic carbocycles. The second-order valence-electron chi connectivity index (χ2n) is 5.72. The predicted octanol–water partition coefficient (Wildman–Crippen LogP) is 3.37. The van der Waals surface area contributed by atoms with Crippen LogP contribution in [0.4, 0.5) is 5.69 Å². The van der Waals surface area contributed by atoms with E-state index in [2.05, 4.69) is 43.0 Å². The van der Waals surface area contributed by atoms with Gasteiger partial charge in [0, 0.05) is 28.6 Å². The van der Waals surface area contributed by atoms with Crippen LogP contribution in [0.3, 0.4) is 0 Å². The molecule has 100 valence electrons. The Kier molecular flexibility index (Phi) is 3.17. The van der Waals surface area contributed by atoms with Gasteiger partial charge >= 0.3 is 0 Å². The van der Waals surface area contributed by atoms with Crippen molar-refractivity contribution in [2.75, 3.05) is 16.4 Å². The van der Waals surface area contributed by atoms with Crippen LogP contribution in [0.2, 0.25) is 0 Å². The minimum absolute atomic E-state index is 0.0786. The highest BCUT2D eigenvalue weighted by Gasteiger charge is 2.43. The van der Waals surface area contributed by atoms with Crippen LogP contribution in [0.5, 0.6) is 0 Å². The number of aldehydes is 1. The van der Waals surface area contributed by atoms with Crippen LogP contribution in [0.1, 0.15) is 25.8 Å². The predicted molar refractivity (Wildman–Crippen MR) is 81.8 cm³/mol. The van der Waals surface area contributed by atoms with Gasteiger partial charge in [-0.15, -0.1) is 0 Å². The Morgan fingerprint density at radius 1 is 1.37 bits per heavy atom. The second-order valence-corrected chi connectivity index (χ2v) is 6.87. The molecule has 3 rings (SSSR count). The van der Waals surface area contributed by atoms with E-state index < -0.39 is 0 Å². The van der Waals surface area contributed by atoms with E-state index in [0.717, 1.165) is 17.7 Å². The molecular weight excluding hydrogens is 254 g/mol. The molecule has 1 aromatic rings. The van der Waals surface area contributed by atoms with Crippen molar-refractivity contribution < 1.29 is 4.79 Å². The van der Waals surface area contributed by atoms with Gasteiger partial charge in [0.2, 0.25) is 0 Å². The van der Waals surface area contributed by atoms with Crippen LogP contribution < -0.4 is 4.90 Å². The number of hydrogen-bond donors (Lipinski definition) is 0. The quantitative estimate of drug-likeness (QED) is 0.608. The van der Waals surface area contributed by atoms with Gasteiger partial charge in [0.1, 0.15) is 6.29 Å². The van der Waals surface area contributed by atoms with Crippen molar-refractivity contribution in [1.82, 2.24) is 0 Å². The lowest BCUT2D eigenvalue weighted by Crippen LogP contribution is -2.35. The summed E-state index contributed by atoms with van der Waals surface area (Å²) in [6.07, 6.45) is 3.88. The number of fused-ring (bicyclic) bond motifs is 1. The highest BCUT2D eigenvalue weighted by atomic mass is 32.2. The topological polar surface area (TPSA) is 20.3 Å². The van der Waals surface area contributed by atoms with Gasteiger partial charge in [-0.3, -0.25) is 4.79 Å². The second kappa shape index (κ2) is 4.71. The lowest BCUT2D eigenvalue weighted by atomic mass is 9.84. The summed E-state index contributed by atoms with van der Waals surface area (Å²) < 4.78 is 0.